The van der Waals surface area contributed by atoms with Crippen LogP contribution >= 0.6 is 0 Å². The Hall–Kier alpha value is -0.610. The van der Waals surface area contributed by atoms with Gasteiger partial charge >= 0.3 is 5.97 Å². The minimum Gasteiger partial charge on any atom is -0.468 e. The van der Waals surface area contributed by atoms with Crippen molar-refractivity contribution in [3.8, 4) is 0 Å². The molecule has 1 aliphatic rings. The molecule has 0 radical (unpaired) electrons. The first kappa shape index (κ1) is 15.4. The number of carbonyl (C=O) groups is 1. The molecule has 1 saturated carbocycles. The summed E-state index contributed by atoms with van der Waals surface area (Å²) >= 11 is 0. The third kappa shape index (κ3) is 4.94. The van der Waals surface area contributed by atoms with Crippen molar-refractivity contribution in [3.63, 3.8) is 0 Å². The number of esters is 1. The van der Waals surface area contributed by atoms with Crippen LogP contribution in [0.25, 0.3) is 0 Å². The summed E-state index contributed by atoms with van der Waals surface area (Å²) in [6.07, 6.45) is 4.99. The third-order valence-electron chi connectivity index (χ3n) is 3.86. The van der Waals surface area contributed by atoms with Gasteiger partial charge in [-0.15, -0.1) is 0 Å². The number of carbonyl (C=O) groups excluding carboxylic acids is 1. The molecule has 0 aromatic carbocycles. The van der Waals surface area contributed by atoms with Crippen molar-refractivity contribution in [3.05, 3.63) is 0 Å². The molecule has 1 fully saturated rings. The Labute approximate surface area is 111 Å². The van der Waals surface area contributed by atoms with Gasteiger partial charge in [-0.2, -0.15) is 0 Å². The van der Waals surface area contributed by atoms with Crippen LogP contribution in [0, 0.1) is 5.92 Å². The van der Waals surface area contributed by atoms with Crippen LogP contribution in [-0.4, -0.2) is 50.2 Å². The normalized spacial score (nSPS) is 17.6. The lowest BCUT2D eigenvalue weighted by Crippen LogP contribution is -2.41. The SMILES string of the molecule is CCNC(CCN(CC)CC1CCC1)C(=O)OC. The highest BCUT2D eigenvalue weighted by molar-refractivity contribution is 5.75. The number of nitrogens with one attached hydrogen (secondary N) is 1. The van der Waals surface area contributed by atoms with Crippen molar-refractivity contribution in [2.45, 2.75) is 45.6 Å². The molecule has 1 atom stereocenters. The van der Waals surface area contributed by atoms with Gasteiger partial charge in [-0.05, 0) is 38.3 Å². The van der Waals surface area contributed by atoms with Crippen LogP contribution in [0.3, 0.4) is 0 Å². The summed E-state index contributed by atoms with van der Waals surface area (Å²) in [6, 6.07) is -0.157. The molecule has 4 nitrogen and oxygen atoms in total. The Morgan fingerprint density at radius 2 is 2.17 bits per heavy atom. The van der Waals surface area contributed by atoms with Crippen LogP contribution in [0.15, 0.2) is 0 Å². The number of likely N-dealkylation sites (N-methyl/N-ethyl adjacent to an activating group) is 1. The maximum atomic E-state index is 11.6. The summed E-state index contributed by atoms with van der Waals surface area (Å²) in [4.78, 5) is 14.0. The smallest absolute Gasteiger partial charge is 0.322 e. The summed E-state index contributed by atoms with van der Waals surface area (Å²) in [6.45, 7) is 8.24. The van der Waals surface area contributed by atoms with E-state index in [-0.39, 0.29) is 12.0 Å². The average molecular weight is 256 g/mol. The van der Waals surface area contributed by atoms with Gasteiger partial charge in [-0.25, -0.2) is 0 Å². The number of ether oxygens (including phenoxy) is 1. The molecule has 0 spiro atoms. The molecule has 0 amide bonds. The number of rotatable bonds is 9. The first-order valence-electron chi connectivity index (χ1n) is 7.24. The van der Waals surface area contributed by atoms with E-state index in [1.165, 1.54) is 32.9 Å². The summed E-state index contributed by atoms with van der Waals surface area (Å²) in [7, 11) is 1.46. The number of hydrogen-bond donors (Lipinski definition) is 1. The molecular weight excluding hydrogens is 228 g/mol. The van der Waals surface area contributed by atoms with Crippen molar-refractivity contribution in [1.82, 2.24) is 10.2 Å². The van der Waals surface area contributed by atoms with Crippen LogP contribution in [0.5, 0.6) is 0 Å². The molecule has 1 unspecified atom stereocenters. The largest absolute Gasteiger partial charge is 0.468 e. The summed E-state index contributed by atoms with van der Waals surface area (Å²) < 4.78 is 4.82. The Bertz CT molecular complexity index is 242. The van der Waals surface area contributed by atoms with E-state index in [9.17, 15) is 4.79 Å². The van der Waals surface area contributed by atoms with E-state index < -0.39 is 0 Å². The molecular formula is C14H28N2O2. The van der Waals surface area contributed by atoms with Gasteiger partial charge in [0, 0.05) is 13.1 Å². The van der Waals surface area contributed by atoms with Gasteiger partial charge in [0.2, 0.25) is 0 Å². The highest BCUT2D eigenvalue weighted by Gasteiger charge is 2.22. The van der Waals surface area contributed by atoms with Crippen LogP contribution in [0.4, 0.5) is 0 Å². The van der Waals surface area contributed by atoms with Crippen molar-refractivity contribution >= 4 is 5.97 Å². The van der Waals surface area contributed by atoms with Crippen molar-refractivity contribution in [1.29, 1.82) is 0 Å². The van der Waals surface area contributed by atoms with Gasteiger partial charge in [-0.1, -0.05) is 20.3 Å². The van der Waals surface area contributed by atoms with Crippen LogP contribution in [-0.2, 0) is 9.53 Å². The first-order valence-corrected chi connectivity index (χ1v) is 7.24. The van der Waals surface area contributed by atoms with Gasteiger partial charge < -0.3 is 15.0 Å². The van der Waals surface area contributed by atoms with Crippen LogP contribution < -0.4 is 5.32 Å². The second kappa shape index (κ2) is 8.48. The van der Waals surface area contributed by atoms with Gasteiger partial charge in [0.05, 0.1) is 7.11 Å². The lowest BCUT2D eigenvalue weighted by Gasteiger charge is -2.32. The molecule has 0 bridgehead atoms. The van der Waals surface area contributed by atoms with Gasteiger partial charge in [0.1, 0.15) is 6.04 Å². The highest BCUT2D eigenvalue weighted by Crippen LogP contribution is 2.27. The Morgan fingerprint density at radius 3 is 2.61 bits per heavy atom. The molecule has 0 aromatic rings. The van der Waals surface area contributed by atoms with Crippen molar-refractivity contribution in [2.75, 3.05) is 33.3 Å². The fraction of sp³-hybridized carbons (Fsp3) is 0.929. The summed E-state index contributed by atoms with van der Waals surface area (Å²) in [5, 5.41) is 3.19. The van der Waals surface area contributed by atoms with E-state index in [0.717, 1.165) is 32.0 Å². The second-order valence-corrected chi connectivity index (χ2v) is 5.11. The molecule has 106 valence electrons. The molecule has 4 heteroatoms. The summed E-state index contributed by atoms with van der Waals surface area (Å²) in [5.74, 6) is 0.747. The van der Waals surface area contributed by atoms with E-state index in [0.29, 0.717) is 0 Å². The number of hydrogen-bond acceptors (Lipinski definition) is 4. The monoisotopic (exact) mass is 256 g/mol. The second-order valence-electron chi connectivity index (χ2n) is 5.11. The summed E-state index contributed by atoms with van der Waals surface area (Å²) in [5.41, 5.74) is 0. The Balaban J connectivity index is 2.30. The van der Waals surface area contributed by atoms with E-state index in [1.54, 1.807) is 0 Å². The van der Waals surface area contributed by atoms with Gasteiger partial charge in [-0.3, -0.25) is 4.79 Å². The lowest BCUT2D eigenvalue weighted by molar-refractivity contribution is -0.143. The van der Waals surface area contributed by atoms with Crippen LogP contribution in [0.1, 0.15) is 39.5 Å². The quantitative estimate of drug-likeness (QED) is 0.637. The zero-order chi connectivity index (χ0) is 13.4. The minimum absolute atomic E-state index is 0.142. The van der Waals surface area contributed by atoms with Gasteiger partial charge in [0.15, 0.2) is 0 Å². The first-order chi connectivity index (χ1) is 8.71. The average Bonchev–Trinajstić information content (AvgIpc) is 2.34. The predicted octanol–water partition coefficient (Wildman–Crippen LogP) is 1.65. The number of nitrogens with zero attached hydrogens (tertiary/aromatic N) is 1. The van der Waals surface area contributed by atoms with E-state index >= 15 is 0 Å². The molecule has 0 saturated heterocycles. The molecule has 0 heterocycles. The van der Waals surface area contributed by atoms with Crippen molar-refractivity contribution in [2.24, 2.45) is 5.92 Å². The fourth-order valence-corrected chi connectivity index (χ4v) is 2.42. The minimum atomic E-state index is -0.157. The molecule has 0 aliphatic heterocycles. The maximum absolute atomic E-state index is 11.6. The topological polar surface area (TPSA) is 41.6 Å². The molecule has 18 heavy (non-hydrogen) atoms. The molecule has 0 aromatic heterocycles. The Morgan fingerprint density at radius 1 is 1.44 bits per heavy atom. The predicted molar refractivity (Wildman–Crippen MR) is 73.6 cm³/mol. The zero-order valence-electron chi connectivity index (χ0n) is 12.1. The van der Waals surface area contributed by atoms with E-state index in [4.69, 9.17) is 4.74 Å². The van der Waals surface area contributed by atoms with Crippen molar-refractivity contribution < 1.29 is 9.53 Å². The highest BCUT2D eigenvalue weighted by atomic mass is 16.5. The standard InChI is InChI=1S/C14H28N2O2/c1-4-15-13(14(17)18-3)9-10-16(5-2)11-12-7-6-8-12/h12-13,15H,4-11H2,1-3H3. The third-order valence-corrected chi connectivity index (χ3v) is 3.86. The lowest BCUT2D eigenvalue weighted by atomic mass is 9.85. The fourth-order valence-electron chi connectivity index (χ4n) is 2.42. The van der Waals surface area contributed by atoms with Crippen LogP contribution in [0.2, 0.25) is 0 Å². The van der Waals surface area contributed by atoms with E-state index in [1.807, 2.05) is 6.92 Å². The van der Waals surface area contributed by atoms with Gasteiger partial charge in [0.25, 0.3) is 0 Å². The molecule has 1 rings (SSSR count). The molecule has 1 N–H and O–H groups in total. The zero-order valence-corrected chi connectivity index (χ0v) is 12.1. The maximum Gasteiger partial charge on any atom is 0.322 e. The Kier molecular flexibility index (Phi) is 7.28. The number of methoxy groups -OCH3 is 1. The van der Waals surface area contributed by atoms with E-state index in [2.05, 4.69) is 17.1 Å². The molecule has 1 aliphatic carbocycles.